The summed E-state index contributed by atoms with van der Waals surface area (Å²) in [5, 5.41) is 10.2. The fourth-order valence-electron chi connectivity index (χ4n) is 8.83. The molecule has 3 fully saturated rings. The molecular weight excluding hydrogens is 364 g/mol. The van der Waals surface area contributed by atoms with Crippen molar-refractivity contribution in [1.29, 1.82) is 0 Å². The summed E-state index contributed by atoms with van der Waals surface area (Å²) in [5.74, 6) is 5.70. The predicted molar refractivity (Wildman–Crippen MR) is 128 cm³/mol. The van der Waals surface area contributed by atoms with Crippen LogP contribution in [0.5, 0.6) is 0 Å². The lowest BCUT2D eigenvalue weighted by Gasteiger charge is -2.58. The molecule has 0 aliphatic heterocycles. The highest BCUT2D eigenvalue weighted by molar-refractivity contribution is 5.25. The molecule has 0 aromatic rings. The van der Waals surface area contributed by atoms with E-state index in [1.807, 2.05) is 0 Å². The van der Waals surface area contributed by atoms with E-state index >= 15 is 0 Å². The van der Waals surface area contributed by atoms with Crippen LogP contribution in [-0.2, 0) is 0 Å². The van der Waals surface area contributed by atoms with Crippen LogP contribution in [0.25, 0.3) is 0 Å². The molecule has 4 aliphatic carbocycles. The second-order valence-electron chi connectivity index (χ2n) is 12.4. The summed E-state index contributed by atoms with van der Waals surface area (Å²) in [4.78, 5) is 0. The number of hydrogen-bond acceptors (Lipinski definition) is 1. The first-order valence-electron chi connectivity index (χ1n) is 13.3. The summed E-state index contributed by atoms with van der Waals surface area (Å²) in [6.45, 7) is 14.8. The lowest BCUT2D eigenvalue weighted by atomic mass is 9.47. The van der Waals surface area contributed by atoms with Crippen LogP contribution in [0.3, 0.4) is 0 Å². The highest BCUT2D eigenvalue weighted by atomic mass is 16.3. The SMILES string of the molecule is CC[C@H](/C=C/[C@@H](C)[C@H]1CC[C@@H]2[C@H]3CC=C4C[C@@H](O)CC[C@]4(C)[C@@H]3CC[C@]21C)C(C)C. The van der Waals surface area contributed by atoms with E-state index in [-0.39, 0.29) is 6.10 Å². The largest absolute Gasteiger partial charge is 0.393 e. The van der Waals surface area contributed by atoms with Crippen LogP contribution in [0, 0.1) is 52.3 Å². The molecule has 1 N–H and O–H groups in total. The number of aliphatic hydroxyl groups is 1. The van der Waals surface area contributed by atoms with Gasteiger partial charge in [-0.15, -0.1) is 0 Å². The summed E-state index contributed by atoms with van der Waals surface area (Å²) < 4.78 is 0. The molecule has 30 heavy (non-hydrogen) atoms. The molecule has 0 aromatic heterocycles. The van der Waals surface area contributed by atoms with E-state index in [1.54, 1.807) is 5.57 Å². The Morgan fingerprint density at radius 3 is 2.50 bits per heavy atom. The maximum Gasteiger partial charge on any atom is 0.0577 e. The van der Waals surface area contributed by atoms with Crippen LogP contribution in [-0.4, -0.2) is 11.2 Å². The number of fused-ring (bicyclic) bond motifs is 5. The third kappa shape index (κ3) is 3.66. The van der Waals surface area contributed by atoms with Gasteiger partial charge in [-0.05, 0) is 110 Å². The highest BCUT2D eigenvalue weighted by Crippen LogP contribution is 2.67. The van der Waals surface area contributed by atoms with Gasteiger partial charge in [0.15, 0.2) is 0 Å². The molecule has 0 saturated heterocycles. The van der Waals surface area contributed by atoms with Crippen molar-refractivity contribution in [2.75, 3.05) is 0 Å². The van der Waals surface area contributed by atoms with Crippen LogP contribution in [0.4, 0.5) is 0 Å². The molecule has 0 bridgehead atoms. The van der Waals surface area contributed by atoms with E-state index in [9.17, 15) is 5.11 Å². The molecule has 9 atom stereocenters. The quantitative estimate of drug-likeness (QED) is 0.457. The van der Waals surface area contributed by atoms with Gasteiger partial charge in [-0.3, -0.25) is 0 Å². The molecular formula is C29H48O. The van der Waals surface area contributed by atoms with Crippen molar-refractivity contribution in [3.63, 3.8) is 0 Å². The van der Waals surface area contributed by atoms with Crippen molar-refractivity contribution in [1.82, 2.24) is 0 Å². The Labute approximate surface area is 186 Å². The molecule has 1 heteroatoms. The number of aliphatic hydroxyl groups excluding tert-OH is 1. The molecule has 0 unspecified atom stereocenters. The third-order valence-corrected chi connectivity index (χ3v) is 10.8. The van der Waals surface area contributed by atoms with Gasteiger partial charge >= 0.3 is 0 Å². The molecule has 0 spiro atoms. The molecule has 3 saturated carbocycles. The summed E-state index contributed by atoms with van der Waals surface area (Å²) in [7, 11) is 0. The second kappa shape index (κ2) is 8.42. The number of hydrogen-bond donors (Lipinski definition) is 1. The lowest BCUT2D eigenvalue weighted by molar-refractivity contribution is -0.0540. The first kappa shape index (κ1) is 22.6. The Kier molecular flexibility index (Phi) is 6.35. The minimum absolute atomic E-state index is 0.0870. The minimum atomic E-state index is -0.0870. The van der Waals surface area contributed by atoms with E-state index in [0.29, 0.717) is 16.7 Å². The van der Waals surface area contributed by atoms with Crippen molar-refractivity contribution >= 4 is 0 Å². The summed E-state index contributed by atoms with van der Waals surface area (Å²) in [6, 6.07) is 0. The van der Waals surface area contributed by atoms with Crippen molar-refractivity contribution in [2.24, 2.45) is 52.3 Å². The minimum Gasteiger partial charge on any atom is -0.393 e. The fourth-order valence-corrected chi connectivity index (χ4v) is 8.83. The topological polar surface area (TPSA) is 20.2 Å². The van der Waals surface area contributed by atoms with Crippen molar-refractivity contribution in [3.05, 3.63) is 23.8 Å². The van der Waals surface area contributed by atoms with E-state index in [1.165, 1.54) is 44.9 Å². The van der Waals surface area contributed by atoms with Crippen LogP contribution >= 0.6 is 0 Å². The van der Waals surface area contributed by atoms with E-state index in [2.05, 4.69) is 59.8 Å². The van der Waals surface area contributed by atoms with Crippen LogP contribution in [0.15, 0.2) is 23.8 Å². The zero-order chi connectivity index (χ0) is 21.7. The zero-order valence-corrected chi connectivity index (χ0v) is 20.7. The van der Waals surface area contributed by atoms with Gasteiger partial charge in [-0.1, -0.05) is 65.3 Å². The molecule has 0 heterocycles. The van der Waals surface area contributed by atoms with Gasteiger partial charge in [0.2, 0.25) is 0 Å². The molecule has 0 amide bonds. The third-order valence-electron chi connectivity index (χ3n) is 10.8. The van der Waals surface area contributed by atoms with Crippen LogP contribution in [0.2, 0.25) is 0 Å². The van der Waals surface area contributed by atoms with Gasteiger partial charge < -0.3 is 5.11 Å². The average Bonchev–Trinajstić information content (AvgIpc) is 3.06. The molecule has 4 aliphatic rings. The van der Waals surface area contributed by atoms with Crippen molar-refractivity contribution in [2.45, 2.75) is 105 Å². The smallest absolute Gasteiger partial charge is 0.0577 e. The average molecular weight is 413 g/mol. The Bertz CT molecular complexity index is 674. The van der Waals surface area contributed by atoms with Crippen LogP contribution in [0.1, 0.15) is 99.3 Å². The van der Waals surface area contributed by atoms with Crippen LogP contribution < -0.4 is 0 Å². The molecule has 1 nitrogen and oxygen atoms in total. The normalized spacial score (nSPS) is 45.6. The Balaban J connectivity index is 1.52. The first-order chi connectivity index (χ1) is 14.2. The maximum atomic E-state index is 10.2. The molecule has 4 rings (SSSR count). The number of rotatable bonds is 5. The Morgan fingerprint density at radius 2 is 1.80 bits per heavy atom. The Hall–Kier alpha value is -0.560. The van der Waals surface area contributed by atoms with Gasteiger partial charge in [-0.2, -0.15) is 0 Å². The standard InChI is InChI=1S/C29H48O/c1-7-21(19(2)3)9-8-20(4)25-12-13-26-24-11-10-22-18-23(30)14-16-28(22,5)27(24)15-17-29(25,26)6/h8-10,19-21,23-27,30H,7,11-18H2,1-6H3/b9-8+/t20-,21-,23+,24-,25-,26-,27-,28+,29+/m1/s1. The Morgan fingerprint density at radius 1 is 1.03 bits per heavy atom. The summed E-state index contributed by atoms with van der Waals surface area (Å²) in [6.07, 6.45) is 19.1. The van der Waals surface area contributed by atoms with Crippen molar-refractivity contribution < 1.29 is 5.11 Å². The van der Waals surface area contributed by atoms with E-state index < -0.39 is 0 Å². The van der Waals surface area contributed by atoms with Gasteiger partial charge in [-0.25, -0.2) is 0 Å². The van der Waals surface area contributed by atoms with E-state index in [0.717, 1.165) is 48.3 Å². The van der Waals surface area contributed by atoms with Crippen molar-refractivity contribution in [3.8, 4) is 0 Å². The molecule has 0 aromatic carbocycles. The highest BCUT2D eigenvalue weighted by Gasteiger charge is 2.58. The summed E-state index contributed by atoms with van der Waals surface area (Å²) >= 11 is 0. The first-order valence-corrected chi connectivity index (χ1v) is 13.3. The van der Waals surface area contributed by atoms with Gasteiger partial charge in [0.1, 0.15) is 0 Å². The molecule has 0 radical (unpaired) electrons. The zero-order valence-electron chi connectivity index (χ0n) is 20.7. The monoisotopic (exact) mass is 412 g/mol. The molecule has 170 valence electrons. The van der Waals surface area contributed by atoms with Gasteiger partial charge in [0.25, 0.3) is 0 Å². The second-order valence-corrected chi connectivity index (χ2v) is 12.4. The van der Waals surface area contributed by atoms with Gasteiger partial charge in [0, 0.05) is 0 Å². The maximum absolute atomic E-state index is 10.2. The predicted octanol–water partition coefficient (Wildman–Crippen LogP) is 7.80. The number of allylic oxidation sites excluding steroid dienone is 3. The lowest BCUT2D eigenvalue weighted by Crippen LogP contribution is -2.50. The van der Waals surface area contributed by atoms with Gasteiger partial charge in [0.05, 0.1) is 6.10 Å². The fraction of sp³-hybridized carbons (Fsp3) is 0.862. The van der Waals surface area contributed by atoms with E-state index in [4.69, 9.17) is 0 Å². The summed E-state index contributed by atoms with van der Waals surface area (Å²) in [5.41, 5.74) is 2.51.